The molecule has 0 aromatic rings. The Kier molecular flexibility index (Phi) is 6.72. The van der Waals surface area contributed by atoms with Gasteiger partial charge in [0.25, 0.3) is 0 Å². The van der Waals surface area contributed by atoms with Crippen LogP contribution in [0.1, 0.15) is 68.2 Å². The van der Waals surface area contributed by atoms with E-state index in [-0.39, 0.29) is 20.6 Å². The van der Waals surface area contributed by atoms with Gasteiger partial charge in [-0.25, -0.2) is 0 Å². The second-order valence-corrected chi connectivity index (χ2v) is 9.68. The van der Waals surface area contributed by atoms with Gasteiger partial charge in [0.05, 0.1) is 0 Å². The van der Waals surface area contributed by atoms with E-state index in [0.29, 0.717) is 13.2 Å². The number of rotatable bonds is 6. The molecule has 0 bridgehead atoms. The van der Waals surface area contributed by atoms with Crippen molar-refractivity contribution in [3.8, 4) is 0 Å². The highest BCUT2D eigenvalue weighted by atomic mass is 35.5. The molecule has 2 unspecified atom stereocenters. The van der Waals surface area contributed by atoms with Crippen LogP contribution < -0.4 is 0 Å². The molecule has 0 aromatic heterocycles. The van der Waals surface area contributed by atoms with E-state index in [4.69, 9.17) is 27.9 Å². The van der Waals surface area contributed by atoms with E-state index in [1.807, 2.05) is 0 Å². The zero-order valence-corrected chi connectivity index (χ0v) is 15.5. The molecule has 0 aliphatic carbocycles. The van der Waals surface area contributed by atoms with Crippen molar-refractivity contribution in [2.24, 2.45) is 10.8 Å². The Labute approximate surface area is 130 Å². The van der Waals surface area contributed by atoms with E-state index in [2.05, 4.69) is 55.4 Å². The molecule has 1 nitrogen and oxygen atoms in total. The summed E-state index contributed by atoms with van der Waals surface area (Å²) in [6.45, 7) is 18.5. The van der Waals surface area contributed by atoms with Crippen molar-refractivity contribution in [2.75, 3.05) is 13.2 Å². The normalized spacial score (nSPS) is 19.9. The molecule has 0 spiro atoms. The highest BCUT2D eigenvalue weighted by Gasteiger charge is 2.36. The Morgan fingerprint density at radius 2 is 0.895 bits per heavy atom. The fraction of sp³-hybridized carbons (Fsp3) is 1.00. The van der Waals surface area contributed by atoms with Gasteiger partial charge in [-0.1, -0.05) is 41.5 Å². The molecule has 0 radical (unpaired) electrons. The lowest BCUT2D eigenvalue weighted by atomic mass is 9.79. The van der Waals surface area contributed by atoms with E-state index >= 15 is 0 Å². The minimum atomic E-state index is -0.235. The largest absolute Gasteiger partial charge is 0.381 e. The molecule has 0 aromatic carbocycles. The van der Waals surface area contributed by atoms with Gasteiger partial charge < -0.3 is 4.74 Å². The maximum absolute atomic E-state index is 6.55. The average molecular weight is 311 g/mol. The standard InChI is InChI=1S/C16H32Cl2O/c1-13(2,3)15(7,17)9-11-19-12-10-16(8,18)14(4,5)6/h9-12H2,1-8H3. The Bertz CT molecular complexity index is 241. The molecule has 0 rings (SSSR count). The number of hydrogen-bond donors (Lipinski definition) is 0. The van der Waals surface area contributed by atoms with Gasteiger partial charge in [-0.15, -0.1) is 23.2 Å². The van der Waals surface area contributed by atoms with Crippen molar-refractivity contribution >= 4 is 23.2 Å². The van der Waals surface area contributed by atoms with E-state index in [1.54, 1.807) is 0 Å². The molecule has 0 aliphatic heterocycles. The van der Waals surface area contributed by atoms with Crippen LogP contribution in [0.4, 0.5) is 0 Å². The Morgan fingerprint density at radius 3 is 1.11 bits per heavy atom. The number of alkyl halides is 2. The fourth-order valence-corrected chi connectivity index (χ4v) is 1.53. The highest BCUT2D eigenvalue weighted by molar-refractivity contribution is 6.24. The van der Waals surface area contributed by atoms with Crippen LogP contribution in [0.15, 0.2) is 0 Å². The molecule has 0 amide bonds. The van der Waals surface area contributed by atoms with Gasteiger partial charge in [0.1, 0.15) is 0 Å². The van der Waals surface area contributed by atoms with E-state index in [9.17, 15) is 0 Å². The average Bonchev–Trinajstić information content (AvgIpc) is 2.12. The van der Waals surface area contributed by atoms with Crippen LogP contribution in [0.2, 0.25) is 0 Å². The molecule has 0 saturated carbocycles. The molecule has 0 saturated heterocycles. The van der Waals surface area contributed by atoms with Crippen LogP contribution in [0, 0.1) is 10.8 Å². The minimum Gasteiger partial charge on any atom is -0.381 e. The van der Waals surface area contributed by atoms with Crippen LogP contribution in [0.25, 0.3) is 0 Å². The summed E-state index contributed by atoms with van der Waals surface area (Å²) in [7, 11) is 0. The van der Waals surface area contributed by atoms with Gasteiger partial charge in [-0.05, 0) is 37.5 Å². The monoisotopic (exact) mass is 310 g/mol. The van der Waals surface area contributed by atoms with Crippen LogP contribution in [-0.4, -0.2) is 23.0 Å². The predicted molar refractivity (Wildman–Crippen MR) is 87.5 cm³/mol. The van der Waals surface area contributed by atoms with Crippen LogP contribution in [0.3, 0.4) is 0 Å². The molecule has 116 valence electrons. The van der Waals surface area contributed by atoms with Gasteiger partial charge in [0.15, 0.2) is 0 Å². The third-order valence-electron chi connectivity index (χ3n) is 4.56. The first-order chi connectivity index (χ1) is 8.21. The third kappa shape index (κ3) is 6.23. The number of hydrogen-bond acceptors (Lipinski definition) is 1. The van der Waals surface area contributed by atoms with E-state index in [0.717, 1.165) is 12.8 Å². The van der Waals surface area contributed by atoms with Crippen molar-refractivity contribution in [1.82, 2.24) is 0 Å². The second-order valence-electron chi connectivity index (χ2n) is 8.01. The summed E-state index contributed by atoms with van der Waals surface area (Å²) in [4.78, 5) is -0.470. The maximum Gasteiger partial charge on any atom is 0.0488 e. The van der Waals surface area contributed by atoms with E-state index in [1.165, 1.54) is 0 Å². The zero-order valence-electron chi connectivity index (χ0n) is 14.0. The lowest BCUT2D eigenvalue weighted by Crippen LogP contribution is -2.36. The van der Waals surface area contributed by atoms with Gasteiger partial charge in [0.2, 0.25) is 0 Å². The highest BCUT2D eigenvalue weighted by Crippen LogP contribution is 2.40. The van der Waals surface area contributed by atoms with Crippen LogP contribution in [0.5, 0.6) is 0 Å². The molecule has 3 heteroatoms. The molecule has 2 atom stereocenters. The maximum atomic E-state index is 6.55. The van der Waals surface area contributed by atoms with E-state index < -0.39 is 0 Å². The lowest BCUT2D eigenvalue weighted by Gasteiger charge is -2.37. The van der Waals surface area contributed by atoms with Gasteiger partial charge in [-0.2, -0.15) is 0 Å². The SMILES string of the molecule is CC(C)(C)C(C)(Cl)CCOCCC(C)(Cl)C(C)(C)C. The smallest absolute Gasteiger partial charge is 0.0488 e. The quantitative estimate of drug-likeness (QED) is 0.440. The summed E-state index contributed by atoms with van der Waals surface area (Å²) in [6.07, 6.45) is 1.71. The number of halogens is 2. The Balaban J connectivity index is 4.03. The minimum absolute atomic E-state index is 0.0737. The molecular formula is C16H32Cl2O. The third-order valence-corrected chi connectivity index (χ3v) is 6.07. The molecule has 0 N–H and O–H groups in total. The van der Waals surface area contributed by atoms with Crippen LogP contribution in [-0.2, 0) is 4.74 Å². The molecule has 0 aliphatic rings. The molecule has 0 heterocycles. The summed E-state index contributed by atoms with van der Waals surface area (Å²) in [5.41, 5.74) is 0.147. The lowest BCUT2D eigenvalue weighted by molar-refractivity contribution is 0.0916. The first kappa shape index (κ1) is 19.5. The molecule has 19 heavy (non-hydrogen) atoms. The second kappa shape index (κ2) is 6.54. The Hall–Kier alpha value is 0.540. The Morgan fingerprint density at radius 1 is 0.632 bits per heavy atom. The topological polar surface area (TPSA) is 9.23 Å². The summed E-state index contributed by atoms with van der Waals surface area (Å²) in [6, 6.07) is 0. The zero-order chi connectivity index (χ0) is 15.5. The molecule has 0 fully saturated rings. The summed E-state index contributed by atoms with van der Waals surface area (Å²) in [5, 5.41) is 0. The number of ether oxygens (including phenoxy) is 1. The first-order valence-electron chi connectivity index (χ1n) is 7.16. The van der Waals surface area contributed by atoms with Crippen LogP contribution >= 0.6 is 23.2 Å². The van der Waals surface area contributed by atoms with Gasteiger partial charge in [-0.3, -0.25) is 0 Å². The van der Waals surface area contributed by atoms with Gasteiger partial charge >= 0.3 is 0 Å². The fourth-order valence-electron chi connectivity index (χ4n) is 1.38. The van der Waals surface area contributed by atoms with Crippen molar-refractivity contribution in [3.05, 3.63) is 0 Å². The van der Waals surface area contributed by atoms with Gasteiger partial charge in [0, 0.05) is 23.0 Å². The van der Waals surface area contributed by atoms with Crippen molar-refractivity contribution in [2.45, 2.75) is 78.0 Å². The van der Waals surface area contributed by atoms with Crippen molar-refractivity contribution in [1.29, 1.82) is 0 Å². The van der Waals surface area contributed by atoms with Crippen molar-refractivity contribution < 1.29 is 4.74 Å². The molecular weight excluding hydrogens is 279 g/mol. The summed E-state index contributed by atoms with van der Waals surface area (Å²) < 4.78 is 5.73. The first-order valence-corrected chi connectivity index (χ1v) is 7.92. The summed E-state index contributed by atoms with van der Waals surface area (Å²) in [5.74, 6) is 0. The van der Waals surface area contributed by atoms with Crippen molar-refractivity contribution in [3.63, 3.8) is 0 Å². The summed E-state index contributed by atoms with van der Waals surface area (Å²) >= 11 is 13.1. The predicted octanol–water partition coefficient (Wildman–Crippen LogP) is 5.87.